The Morgan fingerprint density at radius 1 is 0.972 bits per heavy atom. The SMILES string of the molecule is C=C(CCC)C1=C(C)C=C2C/C(=C/c3ccc4c(c3)CCC4)C(=C)C2C1c1cccc2ccccc12. The van der Waals surface area contributed by atoms with E-state index in [-0.39, 0.29) is 5.92 Å². The Morgan fingerprint density at radius 2 is 1.78 bits per heavy atom. The van der Waals surface area contributed by atoms with Crippen molar-refractivity contribution in [2.75, 3.05) is 0 Å². The predicted molar refractivity (Wildman–Crippen MR) is 155 cm³/mol. The molecular weight excluding hydrogens is 432 g/mol. The summed E-state index contributed by atoms with van der Waals surface area (Å²) in [6, 6.07) is 22.7. The maximum absolute atomic E-state index is 4.75. The number of benzene rings is 3. The van der Waals surface area contributed by atoms with E-state index in [2.05, 4.69) is 93.2 Å². The average Bonchev–Trinajstić information content (AvgIpc) is 3.47. The normalized spacial score (nSPS) is 22.2. The van der Waals surface area contributed by atoms with Crippen LogP contribution < -0.4 is 0 Å². The van der Waals surface area contributed by atoms with Crippen LogP contribution in [0, 0.1) is 5.92 Å². The van der Waals surface area contributed by atoms with Gasteiger partial charge >= 0.3 is 0 Å². The highest BCUT2D eigenvalue weighted by molar-refractivity contribution is 5.87. The van der Waals surface area contributed by atoms with Crippen molar-refractivity contribution < 1.29 is 0 Å². The van der Waals surface area contributed by atoms with Crippen LogP contribution in [-0.2, 0) is 12.8 Å². The minimum absolute atomic E-state index is 0.258. The highest BCUT2D eigenvalue weighted by Crippen LogP contribution is 2.56. The zero-order chi connectivity index (χ0) is 24.8. The van der Waals surface area contributed by atoms with Crippen molar-refractivity contribution in [2.45, 2.75) is 58.3 Å². The summed E-state index contributed by atoms with van der Waals surface area (Å²) in [7, 11) is 0. The fraction of sp³-hybridized carbons (Fsp3) is 0.278. The number of hydrogen-bond donors (Lipinski definition) is 0. The smallest absolute Gasteiger partial charge is 0.0207 e. The molecule has 0 N–H and O–H groups in total. The number of aryl methyl sites for hydroxylation is 2. The molecule has 3 aromatic carbocycles. The second-order valence-electron chi connectivity index (χ2n) is 10.9. The number of hydrogen-bond acceptors (Lipinski definition) is 0. The number of allylic oxidation sites excluding steroid dienone is 7. The molecule has 0 heteroatoms. The Balaban J connectivity index is 1.47. The third-order valence-corrected chi connectivity index (χ3v) is 8.61. The van der Waals surface area contributed by atoms with Crippen LogP contribution in [0.4, 0.5) is 0 Å². The van der Waals surface area contributed by atoms with E-state index in [4.69, 9.17) is 6.58 Å². The van der Waals surface area contributed by atoms with Crippen molar-refractivity contribution in [3.8, 4) is 0 Å². The Bertz CT molecular complexity index is 1480. The van der Waals surface area contributed by atoms with Gasteiger partial charge in [0.2, 0.25) is 0 Å². The Labute approximate surface area is 216 Å². The molecule has 3 aliphatic rings. The molecule has 6 rings (SSSR count). The van der Waals surface area contributed by atoms with Crippen molar-refractivity contribution in [3.05, 3.63) is 136 Å². The van der Waals surface area contributed by atoms with E-state index in [1.54, 1.807) is 0 Å². The summed E-state index contributed by atoms with van der Waals surface area (Å²) < 4.78 is 0. The molecule has 0 aromatic heterocycles. The van der Waals surface area contributed by atoms with Gasteiger partial charge in [-0.3, -0.25) is 0 Å². The van der Waals surface area contributed by atoms with Crippen LogP contribution in [-0.4, -0.2) is 0 Å². The summed E-state index contributed by atoms with van der Waals surface area (Å²) in [6.07, 6.45) is 11.8. The lowest BCUT2D eigenvalue weighted by Crippen LogP contribution is -2.21. The van der Waals surface area contributed by atoms with Crippen molar-refractivity contribution in [1.29, 1.82) is 0 Å². The van der Waals surface area contributed by atoms with Gasteiger partial charge in [-0.2, -0.15) is 0 Å². The lowest BCUT2D eigenvalue weighted by atomic mass is 9.68. The molecule has 3 aromatic rings. The molecule has 2 unspecified atom stereocenters. The first kappa shape index (κ1) is 23.0. The van der Waals surface area contributed by atoms with E-state index in [1.165, 1.54) is 85.7 Å². The molecule has 180 valence electrons. The second-order valence-corrected chi connectivity index (χ2v) is 10.9. The summed E-state index contributed by atoms with van der Waals surface area (Å²) >= 11 is 0. The van der Waals surface area contributed by atoms with Gasteiger partial charge in [0.25, 0.3) is 0 Å². The van der Waals surface area contributed by atoms with E-state index in [0.29, 0.717) is 5.92 Å². The van der Waals surface area contributed by atoms with Crippen LogP contribution in [0.5, 0.6) is 0 Å². The standard InChI is InChI=1S/C36H36/c1-5-10-23(2)34-24(3)19-31-22-30(21-26-17-18-27-12-8-14-29(27)20-26)25(4)35(31)36(34)33-16-9-13-28-11-6-7-15-32(28)33/h6-7,9,11,13,15-21,35-36H,2,4-5,8,10,12,14,22H2,1,3H3/b30-21-. The van der Waals surface area contributed by atoms with Gasteiger partial charge in [0, 0.05) is 11.8 Å². The van der Waals surface area contributed by atoms with Crippen LogP contribution >= 0.6 is 0 Å². The highest BCUT2D eigenvalue weighted by atomic mass is 14.4. The van der Waals surface area contributed by atoms with Gasteiger partial charge in [-0.15, -0.1) is 0 Å². The largest absolute Gasteiger partial charge is 0.0955 e. The molecule has 2 atom stereocenters. The summed E-state index contributed by atoms with van der Waals surface area (Å²) in [4.78, 5) is 0. The van der Waals surface area contributed by atoms with Gasteiger partial charge in [-0.25, -0.2) is 0 Å². The second kappa shape index (κ2) is 9.25. The maximum Gasteiger partial charge on any atom is 0.0207 e. The van der Waals surface area contributed by atoms with E-state index in [1.807, 2.05) is 0 Å². The fourth-order valence-electron chi connectivity index (χ4n) is 7.01. The van der Waals surface area contributed by atoms with E-state index in [9.17, 15) is 0 Å². The van der Waals surface area contributed by atoms with Crippen LogP contribution in [0.25, 0.3) is 16.8 Å². The van der Waals surface area contributed by atoms with Crippen molar-refractivity contribution >= 4 is 16.8 Å². The molecule has 0 radical (unpaired) electrons. The first-order chi connectivity index (χ1) is 17.5. The Morgan fingerprint density at radius 3 is 2.64 bits per heavy atom. The van der Waals surface area contributed by atoms with E-state index >= 15 is 0 Å². The van der Waals surface area contributed by atoms with Crippen LogP contribution in [0.3, 0.4) is 0 Å². The third kappa shape index (κ3) is 3.84. The molecule has 0 spiro atoms. The lowest BCUT2D eigenvalue weighted by Gasteiger charge is -2.35. The molecule has 36 heavy (non-hydrogen) atoms. The van der Waals surface area contributed by atoms with Crippen LogP contribution in [0.15, 0.2) is 113 Å². The van der Waals surface area contributed by atoms with Crippen LogP contribution in [0.2, 0.25) is 0 Å². The molecule has 1 fully saturated rings. The lowest BCUT2D eigenvalue weighted by molar-refractivity contribution is 0.623. The molecule has 0 amide bonds. The summed E-state index contributed by atoms with van der Waals surface area (Å²) in [5, 5.41) is 2.66. The van der Waals surface area contributed by atoms with E-state index in [0.717, 1.165) is 19.3 Å². The summed E-state index contributed by atoms with van der Waals surface area (Å²) in [5.41, 5.74) is 14.1. The third-order valence-electron chi connectivity index (χ3n) is 8.61. The van der Waals surface area contributed by atoms with Gasteiger partial charge in [0.05, 0.1) is 0 Å². The quantitative estimate of drug-likeness (QED) is 0.349. The molecule has 0 bridgehead atoms. The van der Waals surface area contributed by atoms with Gasteiger partial charge < -0.3 is 0 Å². The fourth-order valence-corrected chi connectivity index (χ4v) is 7.01. The molecule has 1 saturated carbocycles. The Hall–Kier alpha value is -3.38. The van der Waals surface area contributed by atoms with Gasteiger partial charge in [0.15, 0.2) is 0 Å². The first-order valence-electron chi connectivity index (χ1n) is 13.6. The predicted octanol–water partition coefficient (Wildman–Crippen LogP) is 9.68. The Kier molecular flexibility index (Phi) is 5.92. The monoisotopic (exact) mass is 468 g/mol. The number of rotatable bonds is 5. The van der Waals surface area contributed by atoms with Gasteiger partial charge in [-0.05, 0) is 94.3 Å². The molecule has 0 aliphatic heterocycles. The average molecular weight is 469 g/mol. The minimum atomic E-state index is 0.258. The zero-order valence-electron chi connectivity index (χ0n) is 21.7. The van der Waals surface area contributed by atoms with Crippen molar-refractivity contribution in [2.24, 2.45) is 5.92 Å². The maximum atomic E-state index is 4.75. The highest BCUT2D eigenvalue weighted by Gasteiger charge is 2.41. The molecular formula is C36H36. The summed E-state index contributed by atoms with van der Waals surface area (Å²) in [6.45, 7) is 13.9. The van der Waals surface area contributed by atoms with Gasteiger partial charge in [-0.1, -0.05) is 110 Å². The van der Waals surface area contributed by atoms with Gasteiger partial charge in [0.1, 0.15) is 0 Å². The number of fused-ring (bicyclic) bond motifs is 3. The minimum Gasteiger partial charge on any atom is -0.0955 e. The van der Waals surface area contributed by atoms with E-state index < -0.39 is 0 Å². The molecule has 0 saturated heterocycles. The summed E-state index contributed by atoms with van der Waals surface area (Å²) in [5.74, 6) is 0.553. The zero-order valence-corrected chi connectivity index (χ0v) is 21.7. The molecule has 3 aliphatic carbocycles. The van der Waals surface area contributed by atoms with Crippen molar-refractivity contribution in [1.82, 2.24) is 0 Å². The molecule has 0 heterocycles. The van der Waals surface area contributed by atoms with Crippen molar-refractivity contribution in [3.63, 3.8) is 0 Å². The topological polar surface area (TPSA) is 0 Å². The van der Waals surface area contributed by atoms with Crippen LogP contribution in [0.1, 0.15) is 67.7 Å². The first-order valence-corrected chi connectivity index (χ1v) is 13.6. The molecule has 0 nitrogen and oxygen atoms in total.